The van der Waals surface area contributed by atoms with Crippen LogP contribution >= 0.6 is 11.3 Å². The second-order valence-corrected chi connectivity index (χ2v) is 8.31. The van der Waals surface area contributed by atoms with Crippen molar-refractivity contribution in [1.29, 1.82) is 0 Å². The number of carbonyl (C=O) groups excluding carboxylic acids is 3. The summed E-state index contributed by atoms with van der Waals surface area (Å²) in [5, 5.41) is 5.80. The van der Waals surface area contributed by atoms with Gasteiger partial charge in [-0.2, -0.15) is 0 Å². The molecule has 3 rings (SSSR count). The molecule has 24 heavy (non-hydrogen) atoms. The maximum Gasteiger partial charge on any atom is 0.321 e. The fraction of sp³-hybridized carbons (Fsp3) is 0.625. The van der Waals surface area contributed by atoms with Gasteiger partial charge < -0.3 is 5.32 Å². The van der Waals surface area contributed by atoms with Crippen LogP contribution in [0, 0.1) is 0 Å². The number of anilines is 1. The third-order valence-electron chi connectivity index (χ3n) is 4.54. The SMILES string of the molecule is CC(C)N1C(=O)CC(NC(=O)Nc2nc3c(s2)CCC3(C)C)C1=O. The number of hydrogen-bond donors (Lipinski definition) is 2. The molecular formula is C16H22N4O3S. The molecule has 2 aliphatic rings. The Kier molecular flexibility index (Phi) is 4.11. The van der Waals surface area contributed by atoms with Crippen LogP contribution in [-0.4, -0.2) is 39.8 Å². The molecule has 1 aromatic heterocycles. The van der Waals surface area contributed by atoms with Gasteiger partial charge in [-0.05, 0) is 26.7 Å². The van der Waals surface area contributed by atoms with Crippen molar-refractivity contribution < 1.29 is 14.4 Å². The Balaban J connectivity index is 1.63. The molecule has 2 N–H and O–H groups in total. The van der Waals surface area contributed by atoms with Crippen LogP contribution in [0.1, 0.15) is 51.1 Å². The largest absolute Gasteiger partial charge is 0.325 e. The smallest absolute Gasteiger partial charge is 0.321 e. The van der Waals surface area contributed by atoms with Gasteiger partial charge in [0.1, 0.15) is 6.04 Å². The first kappa shape index (κ1) is 16.9. The summed E-state index contributed by atoms with van der Waals surface area (Å²) in [6, 6.07) is -1.51. The van der Waals surface area contributed by atoms with E-state index in [4.69, 9.17) is 0 Å². The highest BCUT2D eigenvalue weighted by molar-refractivity contribution is 7.16. The lowest BCUT2D eigenvalue weighted by Gasteiger charge is -2.19. The molecule has 0 bridgehead atoms. The number of imide groups is 1. The first-order valence-corrected chi connectivity index (χ1v) is 8.94. The van der Waals surface area contributed by atoms with Crippen molar-refractivity contribution in [2.24, 2.45) is 0 Å². The van der Waals surface area contributed by atoms with Gasteiger partial charge in [-0.3, -0.25) is 19.8 Å². The lowest BCUT2D eigenvalue weighted by Crippen LogP contribution is -2.45. The molecule has 1 aromatic rings. The molecule has 1 atom stereocenters. The maximum atomic E-state index is 12.2. The van der Waals surface area contributed by atoms with Crippen LogP contribution < -0.4 is 10.6 Å². The lowest BCUT2D eigenvalue weighted by molar-refractivity contribution is -0.140. The van der Waals surface area contributed by atoms with E-state index < -0.39 is 12.1 Å². The minimum atomic E-state index is -0.803. The minimum absolute atomic E-state index is 0.00579. The van der Waals surface area contributed by atoms with Gasteiger partial charge in [-0.1, -0.05) is 13.8 Å². The van der Waals surface area contributed by atoms with E-state index >= 15 is 0 Å². The summed E-state index contributed by atoms with van der Waals surface area (Å²) >= 11 is 1.47. The van der Waals surface area contributed by atoms with Crippen molar-refractivity contribution in [3.05, 3.63) is 10.6 Å². The second-order valence-electron chi connectivity index (χ2n) is 7.23. The normalized spacial score (nSPS) is 22.2. The van der Waals surface area contributed by atoms with Crippen LogP contribution in [0.15, 0.2) is 0 Å². The van der Waals surface area contributed by atoms with Crippen molar-refractivity contribution in [2.75, 3.05) is 5.32 Å². The van der Waals surface area contributed by atoms with Gasteiger partial charge in [0.2, 0.25) is 5.91 Å². The second kappa shape index (κ2) is 5.84. The van der Waals surface area contributed by atoms with Crippen molar-refractivity contribution in [3.63, 3.8) is 0 Å². The number of amides is 4. The van der Waals surface area contributed by atoms with E-state index in [1.165, 1.54) is 21.1 Å². The van der Waals surface area contributed by atoms with E-state index in [1.807, 2.05) is 0 Å². The number of urea groups is 1. The molecule has 8 heteroatoms. The molecule has 1 unspecified atom stereocenters. The van der Waals surface area contributed by atoms with Gasteiger partial charge in [0, 0.05) is 16.3 Å². The third-order valence-corrected chi connectivity index (χ3v) is 5.57. The van der Waals surface area contributed by atoms with Crippen molar-refractivity contribution in [1.82, 2.24) is 15.2 Å². The van der Waals surface area contributed by atoms with E-state index in [0.717, 1.165) is 18.5 Å². The van der Waals surface area contributed by atoms with Crippen LogP contribution in [-0.2, 0) is 21.4 Å². The van der Waals surface area contributed by atoms with Gasteiger partial charge in [-0.15, -0.1) is 11.3 Å². The molecule has 0 aromatic carbocycles. The monoisotopic (exact) mass is 350 g/mol. The Morgan fingerprint density at radius 2 is 2.08 bits per heavy atom. The van der Waals surface area contributed by atoms with Crippen LogP contribution in [0.4, 0.5) is 9.93 Å². The standard InChI is InChI=1S/C16H22N4O3S/c1-8(2)20-11(21)7-9(13(20)22)17-14(23)19-15-18-12-10(24-15)5-6-16(12,3)4/h8-9H,5-7H2,1-4H3,(H2,17,18,19,23). The first-order valence-electron chi connectivity index (χ1n) is 8.12. The molecular weight excluding hydrogens is 328 g/mol. The number of thiazole rings is 1. The summed E-state index contributed by atoms with van der Waals surface area (Å²) in [6.45, 7) is 7.84. The molecule has 7 nitrogen and oxygen atoms in total. The number of hydrogen-bond acceptors (Lipinski definition) is 5. The summed E-state index contributed by atoms with van der Waals surface area (Å²) in [4.78, 5) is 43.1. The van der Waals surface area contributed by atoms with Crippen LogP contribution in [0.2, 0.25) is 0 Å². The highest BCUT2D eigenvalue weighted by atomic mass is 32.1. The van der Waals surface area contributed by atoms with Gasteiger partial charge in [-0.25, -0.2) is 9.78 Å². The quantitative estimate of drug-likeness (QED) is 0.816. The Morgan fingerprint density at radius 3 is 2.67 bits per heavy atom. The van der Waals surface area contributed by atoms with E-state index in [0.29, 0.717) is 5.13 Å². The van der Waals surface area contributed by atoms with E-state index in [1.54, 1.807) is 13.8 Å². The number of nitrogens with zero attached hydrogens (tertiary/aromatic N) is 2. The Labute approximate surface area is 144 Å². The summed E-state index contributed by atoms with van der Waals surface area (Å²) in [5.41, 5.74) is 1.08. The summed E-state index contributed by atoms with van der Waals surface area (Å²) < 4.78 is 0. The predicted octanol–water partition coefficient (Wildman–Crippen LogP) is 2.02. The molecule has 0 saturated carbocycles. The zero-order chi connectivity index (χ0) is 17.6. The fourth-order valence-electron chi connectivity index (χ4n) is 3.25. The highest BCUT2D eigenvalue weighted by Crippen LogP contribution is 2.42. The number of rotatable bonds is 3. The van der Waals surface area contributed by atoms with E-state index in [-0.39, 0.29) is 29.7 Å². The molecule has 1 saturated heterocycles. The average Bonchev–Trinajstić information content (AvgIpc) is 3.06. The summed E-state index contributed by atoms with van der Waals surface area (Å²) in [5.74, 6) is -0.608. The van der Waals surface area contributed by atoms with Crippen molar-refractivity contribution >= 4 is 34.3 Å². The molecule has 0 spiro atoms. The maximum absolute atomic E-state index is 12.2. The number of carbonyl (C=O) groups is 3. The molecule has 4 amide bonds. The Morgan fingerprint density at radius 1 is 1.38 bits per heavy atom. The molecule has 1 aliphatic carbocycles. The Hall–Kier alpha value is -1.96. The fourth-order valence-corrected chi connectivity index (χ4v) is 4.38. The average molecular weight is 350 g/mol. The molecule has 130 valence electrons. The number of aryl methyl sites for hydroxylation is 1. The van der Waals surface area contributed by atoms with Gasteiger partial charge >= 0.3 is 6.03 Å². The topological polar surface area (TPSA) is 91.4 Å². The summed E-state index contributed by atoms with van der Waals surface area (Å²) in [7, 11) is 0. The number of aromatic nitrogens is 1. The molecule has 2 heterocycles. The van der Waals surface area contributed by atoms with Gasteiger partial charge in [0.05, 0.1) is 12.1 Å². The summed E-state index contributed by atoms with van der Waals surface area (Å²) in [6.07, 6.45) is 2.05. The first-order chi connectivity index (χ1) is 11.2. The number of nitrogens with one attached hydrogen (secondary N) is 2. The van der Waals surface area contributed by atoms with Crippen LogP contribution in [0.3, 0.4) is 0 Å². The van der Waals surface area contributed by atoms with E-state index in [2.05, 4.69) is 29.5 Å². The zero-order valence-corrected chi connectivity index (χ0v) is 15.1. The van der Waals surface area contributed by atoms with Gasteiger partial charge in [0.25, 0.3) is 5.91 Å². The third kappa shape index (κ3) is 2.90. The molecule has 1 aliphatic heterocycles. The van der Waals surface area contributed by atoms with E-state index in [9.17, 15) is 14.4 Å². The number of fused-ring (bicyclic) bond motifs is 1. The van der Waals surface area contributed by atoms with Crippen LogP contribution in [0.5, 0.6) is 0 Å². The predicted molar refractivity (Wildman–Crippen MR) is 91.0 cm³/mol. The van der Waals surface area contributed by atoms with Crippen LogP contribution in [0.25, 0.3) is 0 Å². The molecule has 0 radical (unpaired) electrons. The van der Waals surface area contributed by atoms with Gasteiger partial charge in [0.15, 0.2) is 5.13 Å². The highest BCUT2D eigenvalue weighted by Gasteiger charge is 2.41. The minimum Gasteiger partial charge on any atom is -0.325 e. The Bertz CT molecular complexity index is 710. The number of likely N-dealkylation sites (tertiary alicyclic amines) is 1. The van der Waals surface area contributed by atoms with Crippen molar-refractivity contribution in [2.45, 2.75) is 64.5 Å². The lowest BCUT2D eigenvalue weighted by atomic mass is 9.91. The zero-order valence-electron chi connectivity index (χ0n) is 14.3. The van der Waals surface area contributed by atoms with Crippen molar-refractivity contribution in [3.8, 4) is 0 Å². The molecule has 1 fully saturated rings.